The third-order valence-electron chi connectivity index (χ3n) is 3.55. The van der Waals surface area contributed by atoms with Gasteiger partial charge in [0.25, 0.3) is 0 Å². The van der Waals surface area contributed by atoms with Crippen molar-refractivity contribution in [3.05, 3.63) is 0 Å². The van der Waals surface area contributed by atoms with Crippen LogP contribution in [0.3, 0.4) is 0 Å². The lowest BCUT2D eigenvalue weighted by Crippen LogP contribution is -2.44. The van der Waals surface area contributed by atoms with Crippen molar-refractivity contribution in [3.63, 3.8) is 0 Å². The molecule has 0 aliphatic heterocycles. The summed E-state index contributed by atoms with van der Waals surface area (Å²) in [5.74, 6) is 0. The van der Waals surface area contributed by atoms with Crippen LogP contribution >= 0.6 is 0 Å². The van der Waals surface area contributed by atoms with Crippen molar-refractivity contribution in [2.75, 3.05) is 26.3 Å². The summed E-state index contributed by atoms with van der Waals surface area (Å²) in [6.07, 6.45) is 5.94. The van der Waals surface area contributed by atoms with Crippen molar-refractivity contribution in [3.8, 4) is 0 Å². The predicted molar refractivity (Wildman–Crippen MR) is 72.6 cm³/mol. The summed E-state index contributed by atoms with van der Waals surface area (Å²) in [6, 6.07) is 0.527. The summed E-state index contributed by atoms with van der Waals surface area (Å²) in [6.45, 7) is 5.75. The van der Waals surface area contributed by atoms with Gasteiger partial charge in [0.1, 0.15) is 0 Å². The average Bonchev–Trinajstić information content (AvgIpc) is 2.37. The van der Waals surface area contributed by atoms with E-state index in [9.17, 15) is 5.11 Å². The number of ether oxygens (including phenoxy) is 1. The summed E-state index contributed by atoms with van der Waals surface area (Å²) < 4.78 is 5.43. The molecule has 0 radical (unpaired) electrons. The number of aliphatic hydroxyl groups is 2. The highest BCUT2D eigenvalue weighted by molar-refractivity contribution is 4.77. The molecule has 1 unspecified atom stereocenters. The molecule has 4 heteroatoms. The van der Waals surface area contributed by atoms with E-state index < -0.39 is 6.10 Å². The summed E-state index contributed by atoms with van der Waals surface area (Å²) in [4.78, 5) is 2.23. The molecule has 0 bridgehead atoms. The fraction of sp³-hybridized carbons (Fsp3) is 1.00. The van der Waals surface area contributed by atoms with Crippen LogP contribution < -0.4 is 0 Å². The van der Waals surface area contributed by atoms with E-state index in [0.29, 0.717) is 25.7 Å². The predicted octanol–water partition coefficient (Wildman–Crippen LogP) is 1.40. The zero-order chi connectivity index (χ0) is 13.4. The minimum Gasteiger partial charge on any atom is -0.395 e. The molecule has 1 fully saturated rings. The van der Waals surface area contributed by atoms with Crippen LogP contribution in [-0.2, 0) is 4.74 Å². The average molecular weight is 259 g/mol. The van der Waals surface area contributed by atoms with E-state index in [2.05, 4.69) is 4.90 Å². The van der Waals surface area contributed by atoms with Crippen LogP contribution in [0.5, 0.6) is 0 Å². The summed E-state index contributed by atoms with van der Waals surface area (Å²) in [7, 11) is 0. The van der Waals surface area contributed by atoms with Gasteiger partial charge in [-0.3, -0.25) is 4.90 Å². The van der Waals surface area contributed by atoms with E-state index in [1.165, 1.54) is 32.1 Å². The zero-order valence-corrected chi connectivity index (χ0v) is 11.8. The Bertz CT molecular complexity index is 205. The van der Waals surface area contributed by atoms with Crippen molar-refractivity contribution >= 4 is 0 Å². The summed E-state index contributed by atoms with van der Waals surface area (Å²) in [5, 5.41) is 19.1. The molecular weight excluding hydrogens is 230 g/mol. The molecule has 4 nitrogen and oxygen atoms in total. The van der Waals surface area contributed by atoms with Crippen LogP contribution in [0.25, 0.3) is 0 Å². The van der Waals surface area contributed by atoms with Crippen LogP contribution in [0, 0.1) is 0 Å². The molecular formula is C14H29NO3. The fourth-order valence-corrected chi connectivity index (χ4v) is 2.62. The molecule has 1 saturated carbocycles. The van der Waals surface area contributed by atoms with E-state index in [1.807, 2.05) is 13.8 Å². The van der Waals surface area contributed by atoms with Gasteiger partial charge in [-0.1, -0.05) is 19.3 Å². The van der Waals surface area contributed by atoms with Gasteiger partial charge in [-0.25, -0.2) is 0 Å². The largest absolute Gasteiger partial charge is 0.395 e. The van der Waals surface area contributed by atoms with Crippen molar-refractivity contribution in [2.24, 2.45) is 0 Å². The highest BCUT2D eigenvalue weighted by Gasteiger charge is 2.22. The van der Waals surface area contributed by atoms with Crippen LogP contribution in [0.1, 0.15) is 46.0 Å². The maximum Gasteiger partial charge on any atom is 0.0900 e. The lowest BCUT2D eigenvalue weighted by molar-refractivity contribution is -0.0191. The number of nitrogens with zero attached hydrogens (tertiary/aromatic N) is 1. The molecule has 1 aliphatic rings. The maximum absolute atomic E-state index is 9.98. The third kappa shape index (κ3) is 6.14. The van der Waals surface area contributed by atoms with Gasteiger partial charge in [-0.2, -0.15) is 0 Å². The second-order valence-electron chi connectivity index (χ2n) is 5.55. The number of hydrogen-bond donors (Lipinski definition) is 2. The Hall–Kier alpha value is -0.160. The maximum atomic E-state index is 9.98. The number of aliphatic hydroxyl groups excluding tert-OH is 2. The first kappa shape index (κ1) is 15.9. The molecule has 0 heterocycles. The van der Waals surface area contributed by atoms with Gasteiger partial charge < -0.3 is 14.9 Å². The highest BCUT2D eigenvalue weighted by atomic mass is 16.5. The summed E-state index contributed by atoms with van der Waals surface area (Å²) in [5.41, 5.74) is 0. The van der Waals surface area contributed by atoms with E-state index in [4.69, 9.17) is 9.84 Å². The lowest BCUT2D eigenvalue weighted by Gasteiger charge is -2.35. The Morgan fingerprint density at radius 3 is 2.44 bits per heavy atom. The molecule has 0 saturated heterocycles. The third-order valence-corrected chi connectivity index (χ3v) is 3.55. The molecule has 0 aromatic rings. The first-order valence-electron chi connectivity index (χ1n) is 7.28. The number of hydrogen-bond acceptors (Lipinski definition) is 4. The van der Waals surface area contributed by atoms with Gasteiger partial charge in [0.05, 0.1) is 25.4 Å². The fourth-order valence-electron chi connectivity index (χ4n) is 2.62. The van der Waals surface area contributed by atoms with Crippen LogP contribution in [0.15, 0.2) is 0 Å². The first-order chi connectivity index (χ1) is 8.63. The van der Waals surface area contributed by atoms with Gasteiger partial charge in [-0.05, 0) is 26.7 Å². The molecule has 108 valence electrons. The molecule has 0 aromatic heterocycles. The molecule has 1 aliphatic carbocycles. The Morgan fingerprint density at radius 2 is 1.89 bits per heavy atom. The molecule has 1 rings (SSSR count). The van der Waals surface area contributed by atoms with Gasteiger partial charge in [-0.15, -0.1) is 0 Å². The van der Waals surface area contributed by atoms with E-state index in [0.717, 1.165) is 0 Å². The van der Waals surface area contributed by atoms with Gasteiger partial charge in [0.2, 0.25) is 0 Å². The number of rotatable bonds is 8. The SMILES string of the molecule is CC(C)OCC(O)CN(CCO)C1CCCCC1. The Balaban J connectivity index is 2.35. The van der Waals surface area contributed by atoms with Crippen molar-refractivity contribution < 1.29 is 14.9 Å². The van der Waals surface area contributed by atoms with Gasteiger partial charge >= 0.3 is 0 Å². The molecule has 18 heavy (non-hydrogen) atoms. The van der Waals surface area contributed by atoms with E-state index in [-0.39, 0.29) is 12.7 Å². The second-order valence-corrected chi connectivity index (χ2v) is 5.55. The minimum atomic E-state index is -0.458. The first-order valence-corrected chi connectivity index (χ1v) is 7.28. The Kier molecular flexibility index (Phi) is 7.82. The molecule has 0 aromatic carbocycles. The molecule has 0 amide bonds. The summed E-state index contributed by atoms with van der Waals surface area (Å²) >= 11 is 0. The Labute approximate surface area is 111 Å². The molecule has 1 atom stereocenters. The quantitative estimate of drug-likeness (QED) is 0.692. The van der Waals surface area contributed by atoms with E-state index >= 15 is 0 Å². The van der Waals surface area contributed by atoms with Crippen molar-refractivity contribution in [2.45, 2.75) is 64.2 Å². The molecule has 0 spiro atoms. The smallest absolute Gasteiger partial charge is 0.0900 e. The van der Waals surface area contributed by atoms with Crippen LogP contribution in [-0.4, -0.2) is 59.7 Å². The molecule has 2 N–H and O–H groups in total. The second kappa shape index (κ2) is 8.86. The van der Waals surface area contributed by atoms with Gasteiger partial charge in [0.15, 0.2) is 0 Å². The van der Waals surface area contributed by atoms with E-state index in [1.54, 1.807) is 0 Å². The lowest BCUT2D eigenvalue weighted by atomic mass is 9.94. The van der Waals surface area contributed by atoms with Gasteiger partial charge in [0, 0.05) is 19.1 Å². The van der Waals surface area contributed by atoms with Crippen molar-refractivity contribution in [1.82, 2.24) is 4.90 Å². The van der Waals surface area contributed by atoms with Crippen LogP contribution in [0.2, 0.25) is 0 Å². The minimum absolute atomic E-state index is 0.153. The topological polar surface area (TPSA) is 52.9 Å². The van der Waals surface area contributed by atoms with Crippen molar-refractivity contribution in [1.29, 1.82) is 0 Å². The monoisotopic (exact) mass is 259 g/mol. The van der Waals surface area contributed by atoms with Crippen LogP contribution in [0.4, 0.5) is 0 Å². The highest BCUT2D eigenvalue weighted by Crippen LogP contribution is 2.22. The standard InChI is InChI=1S/C14H29NO3/c1-12(2)18-11-14(17)10-15(8-9-16)13-6-4-3-5-7-13/h12-14,16-17H,3-11H2,1-2H3. The normalized spacial score (nSPS) is 19.7. The zero-order valence-electron chi connectivity index (χ0n) is 11.8. The Morgan fingerprint density at radius 1 is 1.22 bits per heavy atom.